The van der Waals surface area contributed by atoms with Crippen LogP contribution in [0, 0.1) is 11.6 Å². The van der Waals surface area contributed by atoms with Gasteiger partial charge in [0.2, 0.25) is 0 Å². The van der Waals surface area contributed by atoms with E-state index in [4.69, 9.17) is 4.74 Å². The van der Waals surface area contributed by atoms with Crippen LogP contribution in [0.15, 0.2) is 47.6 Å². The minimum atomic E-state index is -0.725. The Balaban J connectivity index is 2.03. The Labute approximate surface area is 128 Å². The summed E-state index contributed by atoms with van der Waals surface area (Å²) in [4.78, 5) is 0. The average molecular weight is 304 g/mol. The highest BCUT2D eigenvalue weighted by atomic mass is 19.1. The Morgan fingerprint density at radius 3 is 2.45 bits per heavy atom. The lowest BCUT2D eigenvalue weighted by Gasteiger charge is -2.08. The summed E-state index contributed by atoms with van der Waals surface area (Å²) < 4.78 is 32.8. The van der Waals surface area contributed by atoms with Crippen molar-refractivity contribution in [1.29, 1.82) is 0 Å². The molecule has 0 saturated carbocycles. The van der Waals surface area contributed by atoms with E-state index in [0.717, 1.165) is 18.5 Å². The largest absolute Gasteiger partial charge is 0.488 e. The summed E-state index contributed by atoms with van der Waals surface area (Å²) in [5.74, 6) is -1.78. The van der Waals surface area contributed by atoms with Gasteiger partial charge in [-0.05, 0) is 30.7 Å². The molecule has 0 atom stereocenters. The fourth-order valence-corrected chi connectivity index (χ4v) is 1.80. The minimum absolute atomic E-state index is 0.299. The monoisotopic (exact) mass is 304 g/mol. The third kappa shape index (κ3) is 4.55. The van der Waals surface area contributed by atoms with Gasteiger partial charge in [0.05, 0.1) is 18.5 Å². The molecule has 0 aliphatic carbocycles. The normalized spacial score (nSPS) is 10.9. The van der Waals surface area contributed by atoms with Gasteiger partial charge in [0.15, 0.2) is 17.4 Å². The number of hydrazone groups is 1. The standard InChI is InChI=1S/C17H18F2N2O/c1-2-3-9-22-17-15(18)10-13(11-16(17)19)12-20-21-14-7-5-4-6-8-14/h4-8,10-12,21H,2-3,9H2,1H3. The summed E-state index contributed by atoms with van der Waals surface area (Å²) in [5.41, 5.74) is 3.89. The minimum Gasteiger partial charge on any atom is -0.488 e. The maximum atomic E-state index is 13.8. The number of hydrogen-bond donors (Lipinski definition) is 1. The lowest BCUT2D eigenvalue weighted by molar-refractivity contribution is 0.278. The zero-order valence-electron chi connectivity index (χ0n) is 12.4. The van der Waals surface area contributed by atoms with Crippen LogP contribution >= 0.6 is 0 Å². The van der Waals surface area contributed by atoms with Crippen LogP contribution < -0.4 is 10.2 Å². The Bertz CT molecular complexity index is 607. The predicted octanol–water partition coefficient (Wildman–Crippen LogP) is 4.59. The molecule has 2 rings (SSSR count). The number of halogens is 2. The molecule has 116 valence electrons. The second-order valence-electron chi connectivity index (χ2n) is 4.75. The molecule has 2 aromatic carbocycles. The summed E-state index contributed by atoms with van der Waals surface area (Å²) in [5, 5.41) is 3.95. The Hall–Kier alpha value is -2.43. The highest BCUT2D eigenvalue weighted by molar-refractivity contribution is 5.80. The molecule has 0 aromatic heterocycles. The van der Waals surface area contributed by atoms with Crippen molar-refractivity contribution < 1.29 is 13.5 Å². The quantitative estimate of drug-likeness (QED) is 0.461. The Morgan fingerprint density at radius 1 is 1.14 bits per heavy atom. The first-order chi connectivity index (χ1) is 10.7. The van der Waals surface area contributed by atoms with E-state index < -0.39 is 11.6 Å². The molecule has 3 nitrogen and oxygen atoms in total. The van der Waals surface area contributed by atoms with Crippen LogP contribution in [0.25, 0.3) is 0 Å². The lowest BCUT2D eigenvalue weighted by atomic mass is 10.2. The number of para-hydroxylation sites is 1. The number of unbranched alkanes of at least 4 members (excludes halogenated alkanes) is 1. The van der Waals surface area contributed by atoms with Crippen LogP contribution in [0.3, 0.4) is 0 Å². The molecule has 0 spiro atoms. The molecule has 5 heteroatoms. The third-order valence-electron chi connectivity index (χ3n) is 2.95. The molecule has 0 saturated heterocycles. The molecule has 0 unspecified atom stereocenters. The van der Waals surface area contributed by atoms with Gasteiger partial charge in [-0.15, -0.1) is 0 Å². The van der Waals surface area contributed by atoms with E-state index in [9.17, 15) is 8.78 Å². The summed E-state index contributed by atoms with van der Waals surface area (Å²) in [6.07, 6.45) is 3.01. The summed E-state index contributed by atoms with van der Waals surface area (Å²) in [6, 6.07) is 11.7. The first kappa shape index (κ1) is 15.9. The van der Waals surface area contributed by atoms with E-state index in [1.54, 1.807) is 0 Å². The van der Waals surface area contributed by atoms with Gasteiger partial charge < -0.3 is 4.74 Å². The van der Waals surface area contributed by atoms with Crippen molar-refractivity contribution in [3.05, 3.63) is 59.7 Å². The van der Waals surface area contributed by atoms with Crippen molar-refractivity contribution in [3.8, 4) is 5.75 Å². The van der Waals surface area contributed by atoms with E-state index >= 15 is 0 Å². The second-order valence-corrected chi connectivity index (χ2v) is 4.75. The van der Waals surface area contributed by atoms with E-state index in [1.807, 2.05) is 37.3 Å². The summed E-state index contributed by atoms with van der Waals surface area (Å²) >= 11 is 0. The molecule has 0 bridgehead atoms. The van der Waals surface area contributed by atoms with Crippen LogP contribution in [0.2, 0.25) is 0 Å². The van der Waals surface area contributed by atoms with Gasteiger partial charge in [-0.2, -0.15) is 5.10 Å². The maximum absolute atomic E-state index is 13.8. The van der Waals surface area contributed by atoms with Gasteiger partial charge in [-0.1, -0.05) is 31.5 Å². The van der Waals surface area contributed by atoms with E-state index in [-0.39, 0.29) is 5.75 Å². The Morgan fingerprint density at radius 2 is 1.82 bits per heavy atom. The van der Waals surface area contributed by atoms with Crippen molar-refractivity contribution in [3.63, 3.8) is 0 Å². The highest BCUT2D eigenvalue weighted by Crippen LogP contribution is 2.23. The number of nitrogens with one attached hydrogen (secondary N) is 1. The molecule has 0 radical (unpaired) electrons. The number of nitrogens with zero attached hydrogens (tertiary/aromatic N) is 1. The van der Waals surface area contributed by atoms with Crippen LogP contribution in [-0.4, -0.2) is 12.8 Å². The van der Waals surface area contributed by atoms with Gasteiger partial charge in [-0.25, -0.2) is 8.78 Å². The van der Waals surface area contributed by atoms with Crippen molar-refractivity contribution >= 4 is 11.9 Å². The van der Waals surface area contributed by atoms with Gasteiger partial charge in [0.1, 0.15) is 0 Å². The van der Waals surface area contributed by atoms with Crippen molar-refractivity contribution in [1.82, 2.24) is 0 Å². The maximum Gasteiger partial charge on any atom is 0.190 e. The highest BCUT2D eigenvalue weighted by Gasteiger charge is 2.11. The molecule has 0 aliphatic rings. The fourth-order valence-electron chi connectivity index (χ4n) is 1.80. The van der Waals surface area contributed by atoms with Crippen LogP contribution in [-0.2, 0) is 0 Å². The van der Waals surface area contributed by atoms with Gasteiger partial charge in [0.25, 0.3) is 0 Å². The number of hydrogen-bond acceptors (Lipinski definition) is 3. The van der Waals surface area contributed by atoms with Crippen LogP contribution in [0.4, 0.5) is 14.5 Å². The number of anilines is 1. The van der Waals surface area contributed by atoms with Gasteiger partial charge in [-0.3, -0.25) is 5.43 Å². The molecule has 0 amide bonds. The van der Waals surface area contributed by atoms with Gasteiger partial charge in [0, 0.05) is 5.56 Å². The van der Waals surface area contributed by atoms with E-state index in [0.29, 0.717) is 12.2 Å². The van der Waals surface area contributed by atoms with Gasteiger partial charge >= 0.3 is 0 Å². The van der Waals surface area contributed by atoms with E-state index in [2.05, 4.69) is 10.5 Å². The third-order valence-corrected chi connectivity index (χ3v) is 2.95. The van der Waals surface area contributed by atoms with Crippen molar-refractivity contribution in [2.45, 2.75) is 19.8 Å². The molecular weight excluding hydrogens is 286 g/mol. The smallest absolute Gasteiger partial charge is 0.190 e. The summed E-state index contributed by atoms with van der Waals surface area (Å²) in [6.45, 7) is 2.28. The number of ether oxygens (including phenoxy) is 1. The topological polar surface area (TPSA) is 33.6 Å². The fraction of sp³-hybridized carbons (Fsp3) is 0.235. The molecule has 0 fully saturated rings. The Kier molecular flexibility index (Phi) is 5.89. The zero-order valence-corrected chi connectivity index (χ0v) is 12.4. The van der Waals surface area contributed by atoms with Crippen molar-refractivity contribution in [2.24, 2.45) is 5.10 Å². The number of rotatable bonds is 7. The lowest BCUT2D eigenvalue weighted by Crippen LogP contribution is -2.02. The van der Waals surface area contributed by atoms with Crippen LogP contribution in [0.5, 0.6) is 5.75 Å². The zero-order chi connectivity index (χ0) is 15.8. The van der Waals surface area contributed by atoms with Crippen LogP contribution in [0.1, 0.15) is 25.3 Å². The second kappa shape index (κ2) is 8.12. The first-order valence-electron chi connectivity index (χ1n) is 7.16. The average Bonchev–Trinajstić information content (AvgIpc) is 2.51. The molecule has 0 aliphatic heterocycles. The number of benzene rings is 2. The van der Waals surface area contributed by atoms with E-state index in [1.165, 1.54) is 18.3 Å². The predicted molar refractivity (Wildman–Crippen MR) is 84.4 cm³/mol. The summed E-state index contributed by atoms with van der Waals surface area (Å²) in [7, 11) is 0. The molecular formula is C17H18F2N2O. The SMILES string of the molecule is CCCCOc1c(F)cc(C=NNc2ccccc2)cc1F. The molecule has 2 aromatic rings. The molecule has 0 heterocycles. The van der Waals surface area contributed by atoms with Crippen molar-refractivity contribution in [2.75, 3.05) is 12.0 Å². The molecule has 22 heavy (non-hydrogen) atoms. The molecule has 1 N–H and O–H groups in total. The first-order valence-corrected chi connectivity index (χ1v) is 7.16.